The molecule has 2 aromatic carbocycles. The summed E-state index contributed by atoms with van der Waals surface area (Å²) in [5.74, 6) is 1.64. The zero-order valence-corrected chi connectivity index (χ0v) is 21.5. The number of para-hydroxylation sites is 1. The number of carbonyl (C=O) groups excluding carboxylic acids is 1. The maximum Gasteiger partial charge on any atom is 0.258 e. The lowest BCUT2D eigenvalue weighted by Crippen LogP contribution is -2.52. The number of halogens is 1. The lowest BCUT2D eigenvalue weighted by molar-refractivity contribution is -0.123. The van der Waals surface area contributed by atoms with Crippen molar-refractivity contribution in [3.8, 4) is 5.75 Å². The van der Waals surface area contributed by atoms with E-state index < -0.39 is 0 Å². The second-order valence-electron chi connectivity index (χ2n) is 8.31. The Bertz CT molecular complexity index is 895. The van der Waals surface area contributed by atoms with E-state index in [0.29, 0.717) is 6.04 Å². The third-order valence-electron chi connectivity index (χ3n) is 5.84. The average molecular weight is 563 g/mol. The third-order valence-corrected chi connectivity index (χ3v) is 5.84. The maximum absolute atomic E-state index is 11.7. The van der Waals surface area contributed by atoms with Gasteiger partial charge < -0.3 is 25.2 Å². The van der Waals surface area contributed by atoms with Crippen LogP contribution >= 0.6 is 24.0 Å². The van der Waals surface area contributed by atoms with Gasteiger partial charge in [-0.3, -0.25) is 9.79 Å². The van der Waals surface area contributed by atoms with Crippen molar-refractivity contribution in [3.63, 3.8) is 0 Å². The van der Waals surface area contributed by atoms with Crippen molar-refractivity contribution < 1.29 is 9.53 Å². The molecular formula is C25H34IN5O2. The molecule has 1 amide bonds. The van der Waals surface area contributed by atoms with Gasteiger partial charge >= 0.3 is 0 Å². The fourth-order valence-corrected chi connectivity index (χ4v) is 3.86. The minimum absolute atomic E-state index is 0. The van der Waals surface area contributed by atoms with Gasteiger partial charge in [-0.25, -0.2) is 0 Å². The van der Waals surface area contributed by atoms with Gasteiger partial charge in [-0.1, -0.05) is 30.3 Å². The average Bonchev–Trinajstić information content (AvgIpc) is 3.66. The van der Waals surface area contributed by atoms with Crippen molar-refractivity contribution in [2.24, 2.45) is 4.99 Å². The van der Waals surface area contributed by atoms with Crippen LogP contribution in [0.3, 0.4) is 0 Å². The number of aliphatic imine (C=N–C) groups is 1. The first-order valence-electron chi connectivity index (χ1n) is 11.5. The van der Waals surface area contributed by atoms with Crippen LogP contribution in [0.5, 0.6) is 5.75 Å². The molecular weight excluding hydrogens is 529 g/mol. The summed E-state index contributed by atoms with van der Waals surface area (Å²) in [4.78, 5) is 20.9. The molecule has 7 nitrogen and oxygen atoms in total. The number of hydrogen-bond donors (Lipinski definition) is 2. The van der Waals surface area contributed by atoms with Gasteiger partial charge in [-0.2, -0.15) is 0 Å². The van der Waals surface area contributed by atoms with Gasteiger partial charge in [0.1, 0.15) is 5.75 Å². The number of hydrogen-bond acceptors (Lipinski definition) is 4. The van der Waals surface area contributed by atoms with Crippen molar-refractivity contribution in [1.29, 1.82) is 0 Å². The normalized spacial score (nSPS) is 16.1. The van der Waals surface area contributed by atoms with Gasteiger partial charge in [0, 0.05) is 51.5 Å². The highest BCUT2D eigenvalue weighted by molar-refractivity contribution is 14.0. The number of rotatable bonds is 8. The zero-order chi connectivity index (χ0) is 22.2. The Kier molecular flexibility index (Phi) is 9.65. The van der Waals surface area contributed by atoms with E-state index in [1.807, 2.05) is 19.2 Å². The molecule has 0 radical (unpaired) electrons. The number of benzene rings is 2. The summed E-state index contributed by atoms with van der Waals surface area (Å²) in [7, 11) is 1.84. The van der Waals surface area contributed by atoms with Gasteiger partial charge in [0.05, 0.1) is 0 Å². The minimum atomic E-state index is -0.0447. The van der Waals surface area contributed by atoms with Gasteiger partial charge in [-0.15, -0.1) is 24.0 Å². The van der Waals surface area contributed by atoms with E-state index in [1.54, 1.807) is 0 Å². The number of carbonyl (C=O) groups is 1. The predicted octanol–water partition coefficient (Wildman–Crippen LogP) is 2.90. The van der Waals surface area contributed by atoms with E-state index in [-0.39, 0.29) is 36.5 Å². The minimum Gasteiger partial charge on any atom is -0.484 e. The summed E-state index contributed by atoms with van der Waals surface area (Å²) in [5, 5.41) is 6.42. The Labute approximate surface area is 213 Å². The molecule has 1 heterocycles. The van der Waals surface area contributed by atoms with Crippen molar-refractivity contribution in [3.05, 3.63) is 60.2 Å². The van der Waals surface area contributed by atoms with Crippen molar-refractivity contribution in [2.75, 3.05) is 51.3 Å². The summed E-state index contributed by atoms with van der Waals surface area (Å²) in [5.41, 5.74) is 2.50. The van der Waals surface area contributed by atoms with E-state index in [2.05, 4.69) is 67.9 Å². The number of anilines is 1. The van der Waals surface area contributed by atoms with Gasteiger partial charge in [0.25, 0.3) is 5.91 Å². The Morgan fingerprint density at radius 1 is 1.03 bits per heavy atom. The van der Waals surface area contributed by atoms with Crippen LogP contribution in [0, 0.1) is 0 Å². The first-order valence-corrected chi connectivity index (χ1v) is 11.5. The van der Waals surface area contributed by atoms with Crippen LogP contribution in [-0.2, 0) is 11.2 Å². The first kappa shape index (κ1) is 25.1. The SMILES string of the molecule is CN=C(NCCc1ccc(OCC(=O)NC2CC2)cc1)N1CCN(c2ccccc2)CC1.I. The highest BCUT2D eigenvalue weighted by Crippen LogP contribution is 2.19. The number of nitrogens with zero attached hydrogens (tertiary/aromatic N) is 3. The van der Waals surface area contributed by atoms with Crippen molar-refractivity contribution in [2.45, 2.75) is 25.3 Å². The molecule has 1 aliphatic heterocycles. The van der Waals surface area contributed by atoms with Gasteiger partial charge in [0.2, 0.25) is 0 Å². The number of ether oxygens (including phenoxy) is 1. The maximum atomic E-state index is 11.7. The van der Waals surface area contributed by atoms with Crippen LogP contribution in [0.2, 0.25) is 0 Å². The van der Waals surface area contributed by atoms with Crippen LogP contribution in [-0.4, -0.2) is 69.2 Å². The number of nitrogens with one attached hydrogen (secondary N) is 2. The quantitative estimate of drug-likeness (QED) is 0.294. The summed E-state index contributed by atoms with van der Waals surface area (Å²) in [6.45, 7) is 4.78. The fraction of sp³-hybridized carbons (Fsp3) is 0.440. The fourth-order valence-electron chi connectivity index (χ4n) is 3.86. The van der Waals surface area contributed by atoms with Crippen LogP contribution < -0.4 is 20.3 Å². The Morgan fingerprint density at radius 3 is 2.36 bits per heavy atom. The molecule has 0 bridgehead atoms. The Balaban J connectivity index is 0.00000306. The summed E-state index contributed by atoms with van der Waals surface area (Å²) >= 11 is 0. The monoisotopic (exact) mass is 563 g/mol. The van der Waals surface area contributed by atoms with Gasteiger partial charge in [-0.05, 0) is 49.1 Å². The first-order chi connectivity index (χ1) is 15.7. The molecule has 0 atom stereocenters. The molecule has 2 aromatic rings. The van der Waals surface area contributed by atoms with Crippen LogP contribution in [0.15, 0.2) is 59.6 Å². The molecule has 0 aromatic heterocycles. The molecule has 2 fully saturated rings. The smallest absolute Gasteiger partial charge is 0.258 e. The number of guanidine groups is 1. The molecule has 4 rings (SSSR count). The highest BCUT2D eigenvalue weighted by atomic mass is 127. The second-order valence-corrected chi connectivity index (χ2v) is 8.31. The molecule has 2 aliphatic rings. The van der Waals surface area contributed by atoms with Crippen LogP contribution in [0.4, 0.5) is 5.69 Å². The molecule has 0 spiro atoms. The van der Waals surface area contributed by atoms with Crippen molar-refractivity contribution in [1.82, 2.24) is 15.5 Å². The van der Waals surface area contributed by atoms with Gasteiger partial charge in [0.15, 0.2) is 12.6 Å². The third kappa shape index (κ3) is 7.80. The van der Waals surface area contributed by atoms with E-state index >= 15 is 0 Å². The summed E-state index contributed by atoms with van der Waals surface area (Å²) in [6.07, 6.45) is 3.07. The molecule has 2 N–H and O–H groups in total. The molecule has 33 heavy (non-hydrogen) atoms. The lowest BCUT2D eigenvalue weighted by atomic mass is 10.1. The largest absolute Gasteiger partial charge is 0.484 e. The van der Waals surface area contributed by atoms with E-state index in [9.17, 15) is 4.79 Å². The van der Waals surface area contributed by atoms with Crippen molar-refractivity contribution >= 4 is 41.5 Å². The Morgan fingerprint density at radius 2 is 1.73 bits per heavy atom. The highest BCUT2D eigenvalue weighted by Gasteiger charge is 2.23. The lowest BCUT2D eigenvalue weighted by Gasteiger charge is -2.37. The molecule has 1 saturated carbocycles. The molecule has 0 unspecified atom stereocenters. The standard InChI is InChI=1S/C25H33N5O2.HI/c1-26-25(30-17-15-29(16-18-30)22-5-3-2-4-6-22)27-14-13-20-7-11-23(12-8-20)32-19-24(31)28-21-9-10-21;/h2-8,11-12,21H,9-10,13-19H2,1H3,(H,26,27)(H,28,31);1H. The molecule has 1 saturated heterocycles. The van der Waals surface area contributed by atoms with E-state index in [4.69, 9.17) is 4.74 Å². The number of piperazine rings is 1. The topological polar surface area (TPSA) is 69.2 Å². The molecule has 8 heteroatoms. The Hall–Kier alpha value is -2.49. The van der Waals surface area contributed by atoms with Crippen LogP contribution in [0.1, 0.15) is 18.4 Å². The second kappa shape index (κ2) is 12.7. The zero-order valence-electron chi connectivity index (χ0n) is 19.2. The van der Waals surface area contributed by atoms with Crippen LogP contribution in [0.25, 0.3) is 0 Å². The predicted molar refractivity (Wildman–Crippen MR) is 144 cm³/mol. The van der Waals surface area contributed by atoms with E-state index in [1.165, 1.54) is 11.3 Å². The number of amides is 1. The summed E-state index contributed by atoms with van der Waals surface area (Å²) < 4.78 is 5.57. The molecule has 1 aliphatic carbocycles. The summed E-state index contributed by atoms with van der Waals surface area (Å²) in [6, 6.07) is 18.9. The van der Waals surface area contributed by atoms with E-state index in [0.717, 1.165) is 63.7 Å². The molecule has 178 valence electrons.